The zero-order chi connectivity index (χ0) is 12.3. The molecule has 1 N–H and O–H groups in total. The lowest BCUT2D eigenvalue weighted by Crippen LogP contribution is -1.79. The highest BCUT2D eigenvalue weighted by atomic mass is 32.2. The van der Waals surface area contributed by atoms with Gasteiger partial charge in [0.15, 0.2) is 0 Å². The fourth-order valence-corrected chi connectivity index (χ4v) is 2.39. The van der Waals surface area contributed by atoms with Gasteiger partial charge in [-0.2, -0.15) is 5.26 Å². The molecule has 1 heterocycles. The number of nitrogens with zero attached hydrogens (tertiary/aromatic N) is 1. The zero-order valence-electron chi connectivity index (χ0n) is 9.95. The topological polar surface area (TPSA) is 39.6 Å². The molecule has 86 valence electrons. The van der Waals surface area contributed by atoms with Crippen LogP contribution in [-0.4, -0.2) is 10.7 Å². The maximum Gasteiger partial charge on any atom is 0.101 e. The molecule has 0 atom stereocenters. The van der Waals surface area contributed by atoms with E-state index in [1.807, 2.05) is 24.8 Å². The fourth-order valence-electron chi connectivity index (χ4n) is 1.73. The molecular formula is C14H14N2S. The summed E-state index contributed by atoms with van der Waals surface area (Å²) < 4.78 is 0. The van der Waals surface area contributed by atoms with Gasteiger partial charge in [-0.15, -0.1) is 11.8 Å². The van der Waals surface area contributed by atoms with Crippen LogP contribution in [0.25, 0.3) is 11.3 Å². The molecule has 3 heteroatoms. The van der Waals surface area contributed by atoms with Crippen LogP contribution < -0.4 is 0 Å². The Labute approximate surface area is 106 Å². The summed E-state index contributed by atoms with van der Waals surface area (Å²) in [7, 11) is 0. The van der Waals surface area contributed by atoms with Gasteiger partial charge in [0, 0.05) is 16.3 Å². The molecule has 2 aromatic rings. The van der Waals surface area contributed by atoms with E-state index in [0.717, 1.165) is 22.7 Å². The van der Waals surface area contributed by atoms with Crippen LogP contribution in [0.4, 0.5) is 0 Å². The molecule has 0 aliphatic carbocycles. The van der Waals surface area contributed by atoms with E-state index in [9.17, 15) is 0 Å². The first kappa shape index (κ1) is 11.8. The van der Waals surface area contributed by atoms with E-state index in [1.54, 1.807) is 0 Å². The third kappa shape index (κ3) is 2.54. The average molecular weight is 242 g/mol. The van der Waals surface area contributed by atoms with Crippen molar-refractivity contribution in [2.45, 2.75) is 18.7 Å². The number of hydrogen-bond acceptors (Lipinski definition) is 2. The van der Waals surface area contributed by atoms with Crippen molar-refractivity contribution in [2.24, 2.45) is 0 Å². The van der Waals surface area contributed by atoms with Crippen LogP contribution in [0, 0.1) is 18.3 Å². The maximum atomic E-state index is 8.92. The molecule has 0 radical (unpaired) electrons. The van der Waals surface area contributed by atoms with E-state index in [2.05, 4.69) is 42.2 Å². The molecule has 0 spiro atoms. The third-order valence-electron chi connectivity index (χ3n) is 2.61. The minimum atomic E-state index is 0.715. The van der Waals surface area contributed by atoms with Gasteiger partial charge < -0.3 is 4.98 Å². The summed E-state index contributed by atoms with van der Waals surface area (Å²) in [6.07, 6.45) is 0. The molecule has 0 aliphatic rings. The van der Waals surface area contributed by atoms with Gasteiger partial charge in [-0.05, 0) is 36.4 Å². The van der Waals surface area contributed by atoms with Gasteiger partial charge in [0.05, 0.1) is 5.56 Å². The average Bonchev–Trinajstić information content (AvgIpc) is 2.72. The van der Waals surface area contributed by atoms with Gasteiger partial charge in [-0.1, -0.05) is 19.1 Å². The molecule has 1 aromatic carbocycles. The quantitative estimate of drug-likeness (QED) is 0.827. The van der Waals surface area contributed by atoms with Crippen molar-refractivity contribution in [1.82, 2.24) is 4.98 Å². The van der Waals surface area contributed by atoms with Crippen molar-refractivity contribution in [3.05, 3.63) is 41.6 Å². The summed E-state index contributed by atoms with van der Waals surface area (Å²) in [6.45, 7) is 4.06. The molecule has 0 bridgehead atoms. The minimum Gasteiger partial charge on any atom is -0.358 e. The Morgan fingerprint density at radius 3 is 2.53 bits per heavy atom. The second-order valence-corrected chi connectivity index (χ2v) is 5.13. The van der Waals surface area contributed by atoms with Gasteiger partial charge in [0.2, 0.25) is 0 Å². The largest absolute Gasteiger partial charge is 0.358 e. The Hall–Kier alpha value is -1.66. The van der Waals surface area contributed by atoms with Gasteiger partial charge in [-0.25, -0.2) is 0 Å². The van der Waals surface area contributed by atoms with Crippen molar-refractivity contribution in [2.75, 3.05) is 5.75 Å². The van der Waals surface area contributed by atoms with Gasteiger partial charge >= 0.3 is 0 Å². The Morgan fingerprint density at radius 2 is 2.00 bits per heavy atom. The smallest absolute Gasteiger partial charge is 0.101 e. The predicted molar refractivity (Wildman–Crippen MR) is 72.1 cm³/mol. The summed E-state index contributed by atoms with van der Waals surface area (Å²) in [4.78, 5) is 4.51. The summed E-state index contributed by atoms with van der Waals surface area (Å²) >= 11 is 1.83. The fraction of sp³-hybridized carbons (Fsp3) is 0.214. The van der Waals surface area contributed by atoms with Crippen LogP contribution in [0.5, 0.6) is 0 Å². The maximum absolute atomic E-state index is 8.92. The standard InChI is InChI=1S/C14H14N2S/c1-3-17-13-6-4-11(5-7-13)14-8-12(9-15)10(2)16-14/h4-8,16H,3H2,1-2H3. The second kappa shape index (κ2) is 5.11. The van der Waals surface area contributed by atoms with Crippen molar-refractivity contribution in [3.8, 4) is 17.3 Å². The van der Waals surface area contributed by atoms with E-state index in [4.69, 9.17) is 5.26 Å². The molecule has 0 aliphatic heterocycles. The van der Waals surface area contributed by atoms with Crippen molar-refractivity contribution in [3.63, 3.8) is 0 Å². The lowest BCUT2D eigenvalue weighted by Gasteiger charge is -2.01. The van der Waals surface area contributed by atoms with Crippen LogP contribution in [0.3, 0.4) is 0 Å². The first-order valence-corrected chi connectivity index (χ1v) is 6.56. The van der Waals surface area contributed by atoms with Crippen LogP contribution >= 0.6 is 11.8 Å². The Balaban J connectivity index is 2.30. The molecule has 0 amide bonds. The number of benzene rings is 1. The molecular weight excluding hydrogens is 228 g/mol. The Bertz CT molecular complexity index is 547. The number of aromatic amines is 1. The lowest BCUT2D eigenvalue weighted by atomic mass is 10.1. The van der Waals surface area contributed by atoms with E-state index in [0.29, 0.717) is 5.56 Å². The lowest BCUT2D eigenvalue weighted by molar-refractivity contribution is 1.25. The summed E-state index contributed by atoms with van der Waals surface area (Å²) in [5, 5.41) is 8.92. The van der Waals surface area contributed by atoms with E-state index < -0.39 is 0 Å². The molecule has 2 nitrogen and oxygen atoms in total. The summed E-state index contributed by atoms with van der Waals surface area (Å²) in [6, 6.07) is 12.5. The SMILES string of the molecule is CCSc1ccc(-c2cc(C#N)c(C)[nH]2)cc1. The van der Waals surface area contributed by atoms with E-state index in [-0.39, 0.29) is 0 Å². The molecule has 0 saturated heterocycles. The van der Waals surface area contributed by atoms with Crippen LogP contribution in [0.15, 0.2) is 35.2 Å². The number of nitrogens with one attached hydrogen (secondary N) is 1. The predicted octanol–water partition coefficient (Wildman–Crippen LogP) is 3.97. The molecule has 0 unspecified atom stereocenters. The van der Waals surface area contributed by atoms with E-state index in [1.165, 1.54) is 4.90 Å². The number of hydrogen-bond donors (Lipinski definition) is 1. The van der Waals surface area contributed by atoms with E-state index >= 15 is 0 Å². The normalized spacial score (nSPS) is 10.2. The molecule has 0 fully saturated rings. The minimum absolute atomic E-state index is 0.715. The first-order valence-electron chi connectivity index (χ1n) is 5.57. The van der Waals surface area contributed by atoms with Gasteiger partial charge in [-0.3, -0.25) is 0 Å². The second-order valence-electron chi connectivity index (χ2n) is 3.79. The number of thioether (sulfide) groups is 1. The number of H-pyrrole nitrogens is 1. The number of aromatic nitrogens is 1. The first-order chi connectivity index (χ1) is 8.24. The molecule has 2 rings (SSSR count). The summed E-state index contributed by atoms with van der Waals surface area (Å²) in [5.41, 5.74) is 3.77. The van der Waals surface area contributed by atoms with Crippen molar-refractivity contribution < 1.29 is 0 Å². The number of nitriles is 1. The Morgan fingerprint density at radius 1 is 1.29 bits per heavy atom. The van der Waals surface area contributed by atoms with Gasteiger partial charge in [0.1, 0.15) is 6.07 Å². The molecule has 0 saturated carbocycles. The number of aryl methyl sites for hydroxylation is 1. The highest BCUT2D eigenvalue weighted by molar-refractivity contribution is 7.99. The molecule has 17 heavy (non-hydrogen) atoms. The highest BCUT2D eigenvalue weighted by Crippen LogP contribution is 2.24. The van der Waals surface area contributed by atoms with Crippen LogP contribution in [-0.2, 0) is 0 Å². The van der Waals surface area contributed by atoms with Crippen LogP contribution in [0.1, 0.15) is 18.2 Å². The van der Waals surface area contributed by atoms with Crippen molar-refractivity contribution >= 4 is 11.8 Å². The zero-order valence-corrected chi connectivity index (χ0v) is 10.8. The summed E-state index contributed by atoms with van der Waals surface area (Å²) in [5.74, 6) is 1.08. The van der Waals surface area contributed by atoms with Crippen LogP contribution in [0.2, 0.25) is 0 Å². The highest BCUT2D eigenvalue weighted by Gasteiger charge is 2.05. The van der Waals surface area contributed by atoms with Gasteiger partial charge in [0.25, 0.3) is 0 Å². The number of rotatable bonds is 3. The molecule has 1 aromatic heterocycles. The van der Waals surface area contributed by atoms with Crippen molar-refractivity contribution in [1.29, 1.82) is 5.26 Å². The monoisotopic (exact) mass is 242 g/mol. The third-order valence-corrected chi connectivity index (χ3v) is 3.51. The Kier molecular flexibility index (Phi) is 3.55.